The van der Waals surface area contributed by atoms with Crippen LogP contribution in [-0.2, 0) is 32.0 Å². The molecule has 2 aromatic rings. The maximum absolute atomic E-state index is 14.3. The average Bonchev–Trinajstić information content (AvgIpc) is 2.78. The van der Waals surface area contributed by atoms with Crippen LogP contribution >= 0.6 is 0 Å². The molecule has 0 radical (unpaired) electrons. The summed E-state index contributed by atoms with van der Waals surface area (Å²) in [5, 5.41) is 22.2. The van der Waals surface area contributed by atoms with Crippen molar-refractivity contribution in [1.29, 1.82) is 0 Å². The summed E-state index contributed by atoms with van der Waals surface area (Å²) in [7, 11) is 0. The summed E-state index contributed by atoms with van der Waals surface area (Å²) in [4.78, 5) is 46.8. The fraction of sp³-hybridized carbons (Fsp3) is 0.273. The topological polar surface area (TPSA) is 133 Å². The van der Waals surface area contributed by atoms with Gasteiger partial charge in [0, 0.05) is 12.8 Å². The van der Waals surface area contributed by atoms with Crippen molar-refractivity contribution in [3.8, 4) is 0 Å². The number of rotatable bonds is 11. The highest BCUT2D eigenvalue weighted by molar-refractivity contribution is 5.94. The second-order valence-corrected chi connectivity index (χ2v) is 6.98. The first-order valence-corrected chi connectivity index (χ1v) is 9.61. The standard InChI is InChI=1S/C22H22F2N2O6/c23-17(19(27)25-15(21(29)30)11-13-7-3-1-4-8-13)18(24)20(28)26-16(22(31)32)12-14-9-5-2-6-10-14/h1-10,15-18H,11-12H2,(H,25,27)(H,26,28)(H,29,30)(H,31,32)/t15-,16-,17-,18-/m0/s1. The lowest BCUT2D eigenvalue weighted by Crippen LogP contribution is -2.53. The maximum Gasteiger partial charge on any atom is 0.326 e. The Bertz CT molecular complexity index is 864. The number of hydrogen-bond donors (Lipinski definition) is 4. The zero-order chi connectivity index (χ0) is 23.7. The lowest BCUT2D eigenvalue weighted by atomic mass is 10.0. The molecule has 2 amide bonds. The lowest BCUT2D eigenvalue weighted by Gasteiger charge is -2.20. The average molecular weight is 448 g/mol. The molecule has 0 heterocycles. The molecule has 0 bridgehead atoms. The third-order valence-electron chi connectivity index (χ3n) is 4.55. The maximum atomic E-state index is 14.3. The Morgan fingerprint density at radius 1 is 0.656 bits per heavy atom. The fourth-order valence-electron chi connectivity index (χ4n) is 2.87. The van der Waals surface area contributed by atoms with Crippen molar-refractivity contribution < 1.29 is 38.2 Å². The van der Waals surface area contributed by atoms with Crippen LogP contribution in [0.5, 0.6) is 0 Å². The molecule has 0 aliphatic heterocycles. The van der Waals surface area contributed by atoms with Gasteiger partial charge in [-0.25, -0.2) is 18.4 Å². The van der Waals surface area contributed by atoms with Gasteiger partial charge in [0.25, 0.3) is 11.8 Å². The van der Waals surface area contributed by atoms with Crippen LogP contribution in [0.2, 0.25) is 0 Å². The predicted molar refractivity (Wildman–Crippen MR) is 109 cm³/mol. The Morgan fingerprint density at radius 3 is 1.25 bits per heavy atom. The predicted octanol–water partition coefficient (Wildman–Crippen LogP) is 1.29. The van der Waals surface area contributed by atoms with Crippen molar-refractivity contribution in [2.24, 2.45) is 0 Å². The Kier molecular flexibility index (Phi) is 8.82. The molecule has 2 aromatic carbocycles. The number of carbonyl (C=O) groups is 4. The molecule has 0 unspecified atom stereocenters. The van der Waals surface area contributed by atoms with Crippen LogP contribution in [0, 0.1) is 0 Å². The van der Waals surface area contributed by atoms with Gasteiger partial charge < -0.3 is 20.8 Å². The van der Waals surface area contributed by atoms with E-state index < -0.39 is 48.2 Å². The molecule has 10 heteroatoms. The molecule has 0 aromatic heterocycles. The number of alkyl halides is 2. The van der Waals surface area contributed by atoms with Crippen LogP contribution in [0.4, 0.5) is 8.78 Å². The van der Waals surface area contributed by atoms with Crippen LogP contribution in [-0.4, -0.2) is 58.4 Å². The van der Waals surface area contributed by atoms with Gasteiger partial charge in [-0.3, -0.25) is 9.59 Å². The van der Waals surface area contributed by atoms with E-state index in [9.17, 15) is 38.2 Å². The molecule has 4 atom stereocenters. The van der Waals surface area contributed by atoms with Crippen molar-refractivity contribution in [3.05, 3.63) is 71.8 Å². The highest BCUT2D eigenvalue weighted by atomic mass is 19.2. The zero-order valence-electron chi connectivity index (χ0n) is 16.8. The smallest absolute Gasteiger partial charge is 0.326 e. The molecule has 0 saturated carbocycles. The van der Waals surface area contributed by atoms with Gasteiger partial charge in [-0.1, -0.05) is 60.7 Å². The molecule has 32 heavy (non-hydrogen) atoms. The van der Waals surface area contributed by atoms with Gasteiger partial charge in [0.1, 0.15) is 12.1 Å². The van der Waals surface area contributed by atoms with Crippen LogP contribution in [0.1, 0.15) is 11.1 Å². The van der Waals surface area contributed by atoms with E-state index in [0.29, 0.717) is 11.1 Å². The van der Waals surface area contributed by atoms with Gasteiger partial charge in [-0.05, 0) is 11.1 Å². The Morgan fingerprint density at radius 2 is 0.969 bits per heavy atom. The second-order valence-electron chi connectivity index (χ2n) is 6.98. The number of carboxylic acid groups (broad SMARTS) is 2. The molecule has 0 saturated heterocycles. The Labute approximate surface area is 182 Å². The quantitative estimate of drug-likeness (QED) is 0.410. The van der Waals surface area contributed by atoms with Crippen molar-refractivity contribution in [3.63, 3.8) is 0 Å². The summed E-state index contributed by atoms with van der Waals surface area (Å²) in [5.41, 5.74) is 1.07. The van der Waals surface area contributed by atoms with Gasteiger partial charge >= 0.3 is 11.9 Å². The van der Waals surface area contributed by atoms with Crippen molar-refractivity contribution in [1.82, 2.24) is 10.6 Å². The largest absolute Gasteiger partial charge is 0.480 e. The molecular weight excluding hydrogens is 426 g/mol. The van der Waals surface area contributed by atoms with E-state index in [1.807, 2.05) is 10.6 Å². The number of amides is 2. The van der Waals surface area contributed by atoms with Crippen LogP contribution in [0.15, 0.2) is 60.7 Å². The molecule has 0 aliphatic rings. The van der Waals surface area contributed by atoms with Crippen LogP contribution in [0.25, 0.3) is 0 Å². The summed E-state index contributed by atoms with van der Waals surface area (Å²) in [6.07, 6.45) is -6.43. The molecule has 0 aliphatic carbocycles. The number of nitrogens with one attached hydrogen (secondary N) is 2. The number of halogens is 2. The van der Waals surface area contributed by atoms with E-state index >= 15 is 0 Å². The molecule has 170 valence electrons. The third-order valence-corrected chi connectivity index (χ3v) is 4.55. The van der Waals surface area contributed by atoms with Crippen molar-refractivity contribution >= 4 is 23.8 Å². The van der Waals surface area contributed by atoms with E-state index in [1.165, 1.54) is 0 Å². The summed E-state index contributed by atoms with van der Waals surface area (Å²) in [6.45, 7) is 0. The van der Waals surface area contributed by atoms with Gasteiger partial charge in [0.2, 0.25) is 12.3 Å². The van der Waals surface area contributed by atoms with E-state index in [4.69, 9.17) is 0 Å². The minimum absolute atomic E-state index is 0.185. The number of carbonyl (C=O) groups excluding carboxylic acids is 2. The number of carboxylic acids is 2. The normalized spacial score (nSPS) is 14.4. The fourth-order valence-corrected chi connectivity index (χ4v) is 2.87. The lowest BCUT2D eigenvalue weighted by molar-refractivity contribution is -0.146. The van der Waals surface area contributed by atoms with Gasteiger partial charge in [-0.15, -0.1) is 0 Å². The van der Waals surface area contributed by atoms with E-state index in [-0.39, 0.29) is 12.8 Å². The summed E-state index contributed by atoms with van der Waals surface area (Å²) < 4.78 is 28.6. The molecule has 0 spiro atoms. The molecule has 0 fully saturated rings. The summed E-state index contributed by atoms with van der Waals surface area (Å²) in [6, 6.07) is 13.2. The number of hydrogen-bond acceptors (Lipinski definition) is 4. The van der Waals surface area contributed by atoms with Crippen molar-refractivity contribution in [2.45, 2.75) is 37.3 Å². The van der Waals surface area contributed by atoms with E-state index in [2.05, 4.69) is 0 Å². The van der Waals surface area contributed by atoms with Gasteiger partial charge in [-0.2, -0.15) is 0 Å². The second kappa shape index (κ2) is 11.5. The first-order valence-electron chi connectivity index (χ1n) is 9.61. The molecule has 8 nitrogen and oxygen atoms in total. The highest BCUT2D eigenvalue weighted by Crippen LogP contribution is 2.10. The Hall–Kier alpha value is -3.82. The van der Waals surface area contributed by atoms with Crippen LogP contribution < -0.4 is 10.6 Å². The SMILES string of the molecule is O=C(O)[C@H](Cc1ccccc1)NC(=O)[C@@H](F)[C@H](F)C(=O)N[C@@H](Cc1ccccc1)C(=O)O. The van der Waals surface area contributed by atoms with Gasteiger partial charge in [0.15, 0.2) is 0 Å². The van der Waals surface area contributed by atoms with Gasteiger partial charge in [0.05, 0.1) is 0 Å². The van der Waals surface area contributed by atoms with Crippen LogP contribution in [0.3, 0.4) is 0 Å². The minimum Gasteiger partial charge on any atom is -0.480 e. The van der Waals surface area contributed by atoms with E-state index in [1.54, 1.807) is 60.7 Å². The first-order chi connectivity index (χ1) is 15.2. The molecule has 2 rings (SSSR count). The zero-order valence-corrected chi connectivity index (χ0v) is 16.8. The molecular formula is C22H22F2N2O6. The summed E-state index contributed by atoms with van der Waals surface area (Å²) >= 11 is 0. The number of aliphatic carboxylic acids is 2. The number of benzene rings is 2. The van der Waals surface area contributed by atoms with E-state index in [0.717, 1.165) is 0 Å². The third kappa shape index (κ3) is 7.15. The first kappa shape index (κ1) is 24.4. The highest BCUT2D eigenvalue weighted by Gasteiger charge is 2.37. The monoisotopic (exact) mass is 448 g/mol. The van der Waals surface area contributed by atoms with Crippen molar-refractivity contribution in [2.75, 3.05) is 0 Å². The minimum atomic E-state index is -3.03. The molecule has 4 N–H and O–H groups in total. The summed E-state index contributed by atoms with van der Waals surface area (Å²) in [5.74, 6) is -6.21. The Balaban J connectivity index is 1.99.